The first-order valence-electron chi connectivity index (χ1n) is 9.31. The molecule has 0 aliphatic carbocycles. The summed E-state index contributed by atoms with van der Waals surface area (Å²) < 4.78 is 1.74. The number of para-hydroxylation sites is 1. The third kappa shape index (κ3) is 6.37. The highest BCUT2D eigenvalue weighted by Crippen LogP contribution is 2.24. The van der Waals surface area contributed by atoms with Crippen molar-refractivity contribution in [2.75, 3.05) is 25.2 Å². The summed E-state index contributed by atoms with van der Waals surface area (Å²) in [6.45, 7) is 6.69. The normalized spacial score (nSPS) is 11.3. The van der Waals surface area contributed by atoms with Crippen molar-refractivity contribution >= 4 is 46.9 Å². The Labute approximate surface area is 181 Å². The molecule has 1 aromatic carbocycles. The molecule has 0 saturated heterocycles. The number of rotatable bonds is 8. The molecule has 156 valence electrons. The van der Waals surface area contributed by atoms with E-state index in [-0.39, 0.29) is 18.4 Å². The van der Waals surface area contributed by atoms with Gasteiger partial charge in [0.15, 0.2) is 0 Å². The van der Waals surface area contributed by atoms with Crippen molar-refractivity contribution < 1.29 is 9.59 Å². The lowest BCUT2D eigenvalue weighted by Gasteiger charge is -2.15. The van der Waals surface area contributed by atoms with Crippen LogP contribution in [0.15, 0.2) is 35.2 Å². The molecule has 29 heavy (non-hydrogen) atoms. The highest BCUT2D eigenvalue weighted by atomic mass is 35.5. The maximum absolute atomic E-state index is 12.4. The maximum atomic E-state index is 12.4. The number of benzene rings is 1. The number of carbonyl (C=O) groups is 2. The minimum atomic E-state index is -0.287. The third-order valence-corrected chi connectivity index (χ3v) is 5.37. The van der Waals surface area contributed by atoms with E-state index in [4.69, 9.17) is 11.6 Å². The summed E-state index contributed by atoms with van der Waals surface area (Å²) in [5.41, 5.74) is 2.21. The Hall–Kier alpha value is -2.25. The highest BCUT2D eigenvalue weighted by molar-refractivity contribution is 7.98. The van der Waals surface area contributed by atoms with Crippen molar-refractivity contribution in [1.82, 2.24) is 14.7 Å². The summed E-state index contributed by atoms with van der Waals surface area (Å²) in [4.78, 5) is 27.1. The number of hydrogen-bond donors (Lipinski definition) is 1. The summed E-state index contributed by atoms with van der Waals surface area (Å²) in [5, 5.41) is 7.78. The lowest BCUT2D eigenvalue weighted by Crippen LogP contribution is -2.33. The quantitative estimate of drug-likeness (QED) is 0.496. The molecule has 0 fully saturated rings. The van der Waals surface area contributed by atoms with E-state index in [1.807, 2.05) is 37.4 Å². The summed E-state index contributed by atoms with van der Waals surface area (Å²) in [6, 6.07) is 7.55. The van der Waals surface area contributed by atoms with E-state index in [0.29, 0.717) is 23.2 Å². The zero-order valence-corrected chi connectivity index (χ0v) is 19.0. The summed E-state index contributed by atoms with van der Waals surface area (Å²) in [6.07, 6.45) is 5.02. The van der Waals surface area contributed by atoms with Crippen LogP contribution >= 0.6 is 23.4 Å². The first kappa shape index (κ1) is 23.0. The number of aryl methyl sites for hydroxylation is 1. The first-order chi connectivity index (χ1) is 13.7. The Morgan fingerprint density at radius 3 is 2.69 bits per heavy atom. The summed E-state index contributed by atoms with van der Waals surface area (Å²) in [5.74, 6) is -0.133. The standard InChI is InChI=1S/C21H27ClN4O2S/c1-14(2)12-26-21(22)16(15(3)24-26)10-11-20(28)25(4)13-19(27)23-17-8-6-7-9-18(17)29-5/h6-11,14H,12-13H2,1-5H3,(H,23,27). The molecule has 1 heterocycles. The lowest BCUT2D eigenvalue weighted by atomic mass is 10.2. The van der Waals surface area contributed by atoms with Gasteiger partial charge in [-0.05, 0) is 37.3 Å². The molecule has 0 spiro atoms. The van der Waals surface area contributed by atoms with Crippen molar-refractivity contribution in [3.63, 3.8) is 0 Å². The number of aromatic nitrogens is 2. The predicted octanol–water partition coefficient (Wildman–Crippen LogP) is 4.33. The van der Waals surface area contributed by atoms with Crippen molar-refractivity contribution in [1.29, 1.82) is 0 Å². The van der Waals surface area contributed by atoms with Crippen LogP contribution in [0.25, 0.3) is 6.08 Å². The molecule has 0 atom stereocenters. The molecule has 0 saturated carbocycles. The zero-order valence-electron chi connectivity index (χ0n) is 17.4. The fourth-order valence-electron chi connectivity index (χ4n) is 2.74. The van der Waals surface area contributed by atoms with Crippen molar-refractivity contribution in [2.45, 2.75) is 32.2 Å². The van der Waals surface area contributed by atoms with Crippen LogP contribution in [0.1, 0.15) is 25.1 Å². The van der Waals surface area contributed by atoms with Crippen molar-refractivity contribution in [3.8, 4) is 0 Å². The van der Waals surface area contributed by atoms with Crippen LogP contribution in [0.2, 0.25) is 5.15 Å². The van der Waals surface area contributed by atoms with Gasteiger partial charge in [0, 0.05) is 30.1 Å². The monoisotopic (exact) mass is 434 g/mol. The maximum Gasteiger partial charge on any atom is 0.246 e. The number of halogens is 1. The Balaban J connectivity index is 2.00. The van der Waals surface area contributed by atoms with Crippen LogP contribution in [-0.2, 0) is 16.1 Å². The predicted molar refractivity (Wildman–Crippen MR) is 120 cm³/mol. The average molecular weight is 435 g/mol. The van der Waals surface area contributed by atoms with E-state index in [1.54, 1.807) is 29.6 Å². The fraction of sp³-hybridized carbons (Fsp3) is 0.381. The van der Waals surface area contributed by atoms with Crippen LogP contribution in [0, 0.1) is 12.8 Å². The number of thioether (sulfide) groups is 1. The topological polar surface area (TPSA) is 67.2 Å². The van der Waals surface area contributed by atoms with Gasteiger partial charge < -0.3 is 10.2 Å². The van der Waals surface area contributed by atoms with E-state index in [0.717, 1.165) is 16.3 Å². The number of hydrogen-bond acceptors (Lipinski definition) is 4. The molecule has 0 bridgehead atoms. The van der Waals surface area contributed by atoms with E-state index < -0.39 is 0 Å². The largest absolute Gasteiger partial charge is 0.333 e. The van der Waals surface area contributed by atoms with Crippen LogP contribution < -0.4 is 5.32 Å². The van der Waals surface area contributed by atoms with Gasteiger partial charge in [-0.3, -0.25) is 14.3 Å². The van der Waals surface area contributed by atoms with Crippen molar-refractivity contribution in [2.24, 2.45) is 5.92 Å². The van der Waals surface area contributed by atoms with Gasteiger partial charge in [-0.2, -0.15) is 5.10 Å². The van der Waals surface area contributed by atoms with E-state index >= 15 is 0 Å². The lowest BCUT2D eigenvalue weighted by molar-refractivity contribution is -0.129. The number of anilines is 1. The number of likely N-dealkylation sites (N-methyl/N-ethyl adjacent to an activating group) is 1. The minimum Gasteiger partial charge on any atom is -0.333 e. The van der Waals surface area contributed by atoms with E-state index in [1.165, 1.54) is 11.0 Å². The van der Waals surface area contributed by atoms with Gasteiger partial charge >= 0.3 is 0 Å². The number of carbonyl (C=O) groups excluding carboxylic acids is 2. The number of nitrogens with zero attached hydrogens (tertiary/aromatic N) is 3. The van der Waals surface area contributed by atoms with Gasteiger partial charge in [-0.25, -0.2) is 0 Å². The molecule has 2 rings (SSSR count). The second kappa shape index (κ2) is 10.5. The van der Waals surface area contributed by atoms with Gasteiger partial charge in [-0.1, -0.05) is 37.6 Å². The van der Waals surface area contributed by atoms with Gasteiger partial charge in [0.25, 0.3) is 0 Å². The molecular formula is C21H27ClN4O2S. The molecule has 1 N–H and O–H groups in total. The summed E-state index contributed by atoms with van der Waals surface area (Å²) >= 11 is 7.95. The first-order valence-corrected chi connectivity index (χ1v) is 10.9. The molecule has 1 aromatic heterocycles. The molecule has 8 heteroatoms. The highest BCUT2D eigenvalue weighted by Gasteiger charge is 2.15. The zero-order chi connectivity index (χ0) is 21.6. The SMILES string of the molecule is CSc1ccccc1NC(=O)CN(C)C(=O)C=Cc1c(C)nn(CC(C)C)c1Cl. The Bertz CT molecular complexity index is 908. The van der Waals surface area contributed by atoms with Crippen molar-refractivity contribution in [3.05, 3.63) is 46.8 Å². The number of amides is 2. The molecule has 0 radical (unpaired) electrons. The van der Waals surface area contributed by atoms with Crippen LogP contribution in [0.4, 0.5) is 5.69 Å². The summed E-state index contributed by atoms with van der Waals surface area (Å²) in [7, 11) is 1.59. The molecule has 2 amide bonds. The van der Waals surface area contributed by atoms with Gasteiger partial charge in [-0.15, -0.1) is 11.8 Å². The third-order valence-electron chi connectivity index (χ3n) is 4.18. The Kier molecular flexibility index (Phi) is 8.34. The van der Waals surface area contributed by atoms with E-state index in [9.17, 15) is 9.59 Å². The van der Waals surface area contributed by atoms with Gasteiger partial charge in [0.05, 0.1) is 17.9 Å². The molecule has 0 unspecified atom stereocenters. The second-order valence-electron chi connectivity index (χ2n) is 7.14. The van der Waals surface area contributed by atoms with E-state index in [2.05, 4.69) is 24.3 Å². The average Bonchev–Trinajstić information content (AvgIpc) is 2.92. The van der Waals surface area contributed by atoms with Crippen LogP contribution in [0.3, 0.4) is 0 Å². The van der Waals surface area contributed by atoms with Gasteiger partial charge in [0.1, 0.15) is 5.15 Å². The fourth-order valence-corrected chi connectivity index (χ4v) is 3.60. The Morgan fingerprint density at radius 2 is 2.03 bits per heavy atom. The minimum absolute atomic E-state index is 0.0504. The smallest absolute Gasteiger partial charge is 0.246 e. The van der Waals surface area contributed by atoms with Crippen LogP contribution in [-0.4, -0.2) is 46.3 Å². The molecule has 2 aromatic rings. The second-order valence-corrected chi connectivity index (χ2v) is 8.35. The number of nitrogens with one attached hydrogen (secondary N) is 1. The van der Waals surface area contributed by atoms with Crippen LogP contribution in [0.5, 0.6) is 0 Å². The molecule has 0 aliphatic rings. The Morgan fingerprint density at radius 1 is 1.34 bits per heavy atom. The molecular weight excluding hydrogens is 408 g/mol. The molecule has 0 aliphatic heterocycles. The molecule has 6 nitrogen and oxygen atoms in total. The van der Waals surface area contributed by atoms with Gasteiger partial charge in [0.2, 0.25) is 11.8 Å².